The van der Waals surface area contributed by atoms with E-state index in [9.17, 15) is 0 Å². The van der Waals surface area contributed by atoms with Crippen molar-refractivity contribution >= 4 is 32.3 Å². The highest BCUT2D eigenvalue weighted by Gasteiger charge is 1.94. The van der Waals surface area contributed by atoms with Crippen molar-refractivity contribution < 1.29 is 0 Å². The first-order valence-electron chi connectivity index (χ1n) is 3.94. The van der Waals surface area contributed by atoms with Gasteiger partial charge < -0.3 is 0 Å². The summed E-state index contributed by atoms with van der Waals surface area (Å²) in [6.45, 7) is 0. The van der Waals surface area contributed by atoms with E-state index in [1.807, 2.05) is 29.2 Å². The van der Waals surface area contributed by atoms with Crippen molar-refractivity contribution in [2.24, 2.45) is 0 Å². The normalized spacial score (nSPS) is 9.43. The molecule has 0 aromatic carbocycles. The van der Waals surface area contributed by atoms with Crippen molar-refractivity contribution in [3.05, 3.63) is 41.6 Å². The average molecular weight is 221 g/mol. The fourth-order valence-corrected chi connectivity index (χ4v) is 2.23. The van der Waals surface area contributed by atoms with Gasteiger partial charge in [0.25, 0.3) is 0 Å². The predicted octanol–water partition coefficient (Wildman–Crippen LogP) is 2.83. The van der Waals surface area contributed by atoms with E-state index in [2.05, 4.69) is 15.0 Å². The van der Waals surface area contributed by atoms with Crippen molar-refractivity contribution in [1.82, 2.24) is 15.0 Å². The molecule has 0 atom stereocenters. The van der Waals surface area contributed by atoms with Crippen LogP contribution < -0.4 is 0 Å². The molecule has 0 aliphatic heterocycles. The van der Waals surface area contributed by atoms with Crippen LogP contribution in [0.3, 0.4) is 0 Å². The van der Waals surface area contributed by atoms with Gasteiger partial charge in [-0.2, -0.15) is 0 Å². The zero-order valence-electron chi connectivity index (χ0n) is 7.20. The lowest BCUT2D eigenvalue weighted by Gasteiger charge is -1.70. The van der Waals surface area contributed by atoms with Gasteiger partial charge in [-0.25, -0.2) is 9.97 Å². The minimum atomic E-state index is 0.889. The number of aromatic nitrogens is 3. The van der Waals surface area contributed by atoms with Crippen LogP contribution in [-0.2, 0) is 0 Å². The highest BCUT2D eigenvalue weighted by molar-refractivity contribution is 7.36. The van der Waals surface area contributed by atoms with E-state index in [1.54, 1.807) is 35.1 Å². The van der Waals surface area contributed by atoms with Crippen LogP contribution in [0.1, 0.15) is 0 Å². The molecule has 3 aromatic rings. The van der Waals surface area contributed by atoms with Crippen LogP contribution in [0.2, 0.25) is 0 Å². The molecule has 0 saturated heterocycles. The van der Waals surface area contributed by atoms with Crippen LogP contribution in [-0.4, -0.2) is 15.0 Å². The van der Waals surface area contributed by atoms with Gasteiger partial charge in [0.2, 0.25) is 0 Å². The lowest BCUT2D eigenvalue weighted by molar-refractivity contribution is 1.33. The second-order valence-corrected chi connectivity index (χ2v) is 4.31. The Balaban J connectivity index is 0.000000112. The Kier molecular flexibility index (Phi) is 3.15. The van der Waals surface area contributed by atoms with Crippen LogP contribution >= 0.6 is 22.7 Å². The Labute approximate surface area is 89.1 Å². The molecule has 5 heteroatoms. The molecule has 3 heterocycles. The zero-order valence-corrected chi connectivity index (χ0v) is 8.83. The average Bonchev–Trinajstić information content (AvgIpc) is 2.82. The largest absolute Gasteiger partial charge is 0.265 e. The molecule has 70 valence electrons. The van der Waals surface area contributed by atoms with E-state index in [0.717, 1.165) is 5.65 Å². The van der Waals surface area contributed by atoms with Crippen molar-refractivity contribution in [2.75, 3.05) is 0 Å². The number of thiazole rings is 2. The molecular formula is C9H7N3S2. The number of nitrogens with zero attached hydrogens (tertiary/aromatic N) is 3. The van der Waals surface area contributed by atoms with E-state index in [0.29, 0.717) is 0 Å². The summed E-state index contributed by atoms with van der Waals surface area (Å²) in [4.78, 5) is 11.8. The summed E-state index contributed by atoms with van der Waals surface area (Å²) in [7, 11) is 0. The third kappa shape index (κ3) is 2.34. The summed E-state index contributed by atoms with van der Waals surface area (Å²) < 4.78 is 1.21. The summed E-state index contributed by atoms with van der Waals surface area (Å²) >= 11 is 3.28. The predicted molar refractivity (Wildman–Crippen MR) is 59.5 cm³/mol. The lowest BCUT2D eigenvalue weighted by atomic mass is 10.5. The molecule has 3 rings (SSSR count). The molecule has 0 radical (unpaired) electrons. The minimum absolute atomic E-state index is 0.889. The third-order valence-electron chi connectivity index (χ3n) is 1.42. The molecule has 0 N–H and O–H groups in total. The molecule has 0 aliphatic rings. The van der Waals surface area contributed by atoms with Crippen LogP contribution in [0.5, 0.6) is 0 Å². The van der Waals surface area contributed by atoms with Crippen molar-refractivity contribution in [3.8, 4) is 0 Å². The molecule has 0 fully saturated rings. The highest BCUT2D eigenvalue weighted by atomic mass is 32.2. The van der Waals surface area contributed by atoms with Crippen molar-refractivity contribution in [3.63, 3.8) is 0 Å². The van der Waals surface area contributed by atoms with Gasteiger partial charge in [-0.05, 0) is 12.1 Å². The quantitative estimate of drug-likeness (QED) is 0.586. The maximum Gasteiger partial charge on any atom is 0.181 e. The number of rotatable bonds is 0. The summed E-state index contributed by atoms with van der Waals surface area (Å²) in [5.41, 5.74) is 4.52. The molecule has 0 aliphatic carbocycles. The van der Waals surface area contributed by atoms with Crippen LogP contribution in [0, 0.1) is 0 Å². The molecule has 0 amide bonds. The number of pyridine rings is 1. The van der Waals surface area contributed by atoms with Crippen molar-refractivity contribution in [2.45, 2.75) is 0 Å². The topological polar surface area (TPSA) is 38.7 Å². The second-order valence-electron chi connectivity index (χ2n) is 2.34. The fourth-order valence-electron chi connectivity index (χ4n) is 0.833. The summed E-state index contributed by atoms with van der Waals surface area (Å²) in [6, 6.07) is 5.72. The molecule has 0 unspecified atom stereocenters. The summed E-state index contributed by atoms with van der Waals surface area (Å²) in [6.07, 6.45) is 3.50. The fraction of sp³-hybridized carbons (Fsp3) is 0. The monoisotopic (exact) mass is 221 g/mol. The molecule has 14 heavy (non-hydrogen) atoms. The highest BCUT2D eigenvalue weighted by Crippen LogP contribution is 2.19. The molecule has 0 spiro atoms. The van der Waals surface area contributed by atoms with Gasteiger partial charge in [0.05, 0.1) is 11.0 Å². The molecule has 3 nitrogen and oxygen atoms in total. The summed E-state index contributed by atoms with van der Waals surface area (Å²) in [5, 5.41) is 0. The lowest BCUT2D eigenvalue weighted by Crippen LogP contribution is -1.58. The Hall–Kier alpha value is -1.33. The second kappa shape index (κ2) is 4.78. The first kappa shape index (κ1) is 9.23. The third-order valence-corrected chi connectivity index (χ3v) is 3.21. The van der Waals surface area contributed by atoms with Crippen LogP contribution in [0.4, 0.5) is 0 Å². The van der Waals surface area contributed by atoms with Gasteiger partial charge in [0.15, 0.2) is 5.65 Å². The zero-order chi connectivity index (χ0) is 9.64. The van der Waals surface area contributed by atoms with Gasteiger partial charge >= 0.3 is 0 Å². The molecule has 0 bridgehead atoms. The van der Waals surface area contributed by atoms with Gasteiger partial charge in [-0.15, -0.1) is 22.7 Å². The first-order chi connectivity index (χ1) is 6.97. The molecule has 3 aromatic heterocycles. The van der Waals surface area contributed by atoms with Gasteiger partial charge in [0.1, 0.15) is 4.01 Å². The van der Waals surface area contributed by atoms with Crippen LogP contribution in [0.15, 0.2) is 41.6 Å². The Morgan fingerprint density at radius 2 is 1.50 bits per heavy atom. The maximum absolute atomic E-state index is 4.00. The Bertz CT molecular complexity index is 397. The van der Waals surface area contributed by atoms with E-state index < -0.39 is 0 Å². The number of fused-ring (bicyclic) bond motifs is 1. The Morgan fingerprint density at radius 3 is 1.86 bits per heavy atom. The minimum Gasteiger partial charge on any atom is -0.265 e. The van der Waals surface area contributed by atoms with Gasteiger partial charge in [-0.3, -0.25) is 4.98 Å². The van der Waals surface area contributed by atoms with Gasteiger partial charge in [-0.1, -0.05) is 6.07 Å². The van der Waals surface area contributed by atoms with Gasteiger partial charge in [0, 0.05) is 12.4 Å². The molecule has 0 saturated carbocycles. The van der Waals surface area contributed by atoms with E-state index in [-0.39, 0.29) is 0 Å². The van der Waals surface area contributed by atoms with E-state index >= 15 is 0 Å². The first-order valence-corrected chi connectivity index (χ1v) is 5.70. The van der Waals surface area contributed by atoms with E-state index in [4.69, 9.17) is 0 Å². The standard InChI is InChI=1S/C5H5N.C4H2N2S2/c1-2-4-6-5-3-1;1-5-3-4(7-1)8-2-6-3/h1-5H;1-2H. The maximum atomic E-state index is 4.00. The number of hydrogen-bond acceptors (Lipinski definition) is 5. The SMILES string of the molecule is c1ccncc1.c1nc2ncsc2s1. The van der Waals surface area contributed by atoms with Crippen molar-refractivity contribution in [1.29, 1.82) is 0 Å². The molecular weight excluding hydrogens is 214 g/mol. The summed E-state index contributed by atoms with van der Waals surface area (Å²) in [5.74, 6) is 0. The smallest absolute Gasteiger partial charge is 0.181 e. The number of hydrogen-bond donors (Lipinski definition) is 0. The Morgan fingerprint density at radius 1 is 0.857 bits per heavy atom. The van der Waals surface area contributed by atoms with E-state index in [1.165, 1.54) is 4.01 Å². The van der Waals surface area contributed by atoms with Crippen LogP contribution in [0.25, 0.3) is 9.66 Å².